The molecule has 0 atom stereocenters. The minimum Gasteiger partial charge on any atom is -0.550 e. The summed E-state index contributed by atoms with van der Waals surface area (Å²) in [6.07, 6.45) is 1.15. The largest absolute Gasteiger partial charge is 2.00 e. The maximum Gasteiger partial charge on any atom is 2.00 e. The van der Waals surface area contributed by atoms with E-state index in [-0.39, 0.29) is 26.0 Å². The van der Waals surface area contributed by atoms with E-state index in [9.17, 15) is 0 Å². The van der Waals surface area contributed by atoms with Crippen molar-refractivity contribution in [2.75, 3.05) is 47.9 Å². The van der Waals surface area contributed by atoms with E-state index in [0.717, 1.165) is 31.9 Å². The third kappa shape index (κ3) is 23.0. The van der Waals surface area contributed by atoms with Crippen molar-refractivity contribution in [2.45, 2.75) is 41.0 Å². The molecule has 171 valence electrons. The van der Waals surface area contributed by atoms with Crippen LogP contribution in [0.1, 0.15) is 38.8 Å². The topological polar surface area (TPSA) is 15.7 Å². The monoisotopic (exact) mass is 453 g/mol. The molecule has 0 amide bonds. The molecular weight excluding hydrogens is 407 g/mol. The van der Waals surface area contributed by atoms with E-state index in [0.29, 0.717) is 0 Å². The number of rotatable bonds is 7. The van der Waals surface area contributed by atoms with E-state index < -0.39 is 0 Å². The molecule has 0 saturated carbocycles. The zero-order chi connectivity index (χ0) is 21.8. The first-order chi connectivity index (χ1) is 13.5. The fourth-order valence-electron chi connectivity index (χ4n) is 2.03. The predicted octanol–water partition coefficient (Wildman–Crippen LogP) is 6.03. The molecule has 0 aliphatic carbocycles. The summed E-state index contributed by atoms with van der Waals surface area (Å²) in [6, 6.07) is 19.2. The zero-order valence-electron chi connectivity index (χ0n) is 21.2. The Hall–Kier alpha value is -1.26. The second-order valence-corrected chi connectivity index (χ2v) is 6.43. The molecule has 4 heteroatoms. The van der Waals surface area contributed by atoms with Gasteiger partial charge in [0.05, 0.1) is 6.61 Å². The number of aryl methyl sites for hydroxylation is 1. The fourth-order valence-corrected chi connectivity index (χ4v) is 2.03. The molecule has 0 spiro atoms. The van der Waals surface area contributed by atoms with E-state index in [1.807, 2.05) is 66.1 Å². The van der Waals surface area contributed by atoms with Crippen molar-refractivity contribution in [2.24, 2.45) is 0 Å². The summed E-state index contributed by atoms with van der Waals surface area (Å²) in [5.74, 6) is 0.888. The number of likely N-dealkylation sites (N-methyl/N-ethyl adjacent to an activating group) is 2. The third-order valence-corrected chi connectivity index (χ3v) is 3.42. The summed E-state index contributed by atoms with van der Waals surface area (Å²) < 4.78 is 5.44. The first-order valence-corrected chi connectivity index (χ1v) is 10.4. The molecule has 0 aliphatic rings. The van der Waals surface area contributed by atoms with Gasteiger partial charge in [-0.1, -0.05) is 57.5 Å². The quantitative estimate of drug-likeness (QED) is 0.476. The molecule has 0 saturated heterocycles. The molecule has 3 nitrogen and oxygen atoms in total. The summed E-state index contributed by atoms with van der Waals surface area (Å²) in [4.78, 5) is 4.30. The molecule has 30 heavy (non-hydrogen) atoms. The number of ether oxygens (including phenoxy) is 1. The smallest absolute Gasteiger partial charge is 0.550 e. The Labute approximate surface area is 200 Å². The minimum atomic E-state index is 0. The van der Waals surface area contributed by atoms with E-state index in [4.69, 9.17) is 4.74 Å². The molecule has 0 aromatic heterocycles. The van der Waals surface area contributed by atoms with Crippen LogP contribution in [0.3, 0.4) is 0 Å². The van der Waals surface area contributed by atoms with Crippen molar-refractivity contribution < 1.29 is 23.3 Å². The number of hydrogen-bond acceptors (Lipinski definition) is 3. The fraction of sp³-hybridized carbons (Fsp3) is 0.500. The van der Waals surface area contributed by atoms with Gasteiger partial charge in [-0.2, -0.15) is 18.2 Å². The normalized spacial score (nSPS) is 8.77. The molecule has 0 N–H and O–H groups in total. The standard InChI is InChI=1S/C11H17N.C10H14NO.2C2H6.CH3.V/c1-10-5-4-6-11(9-10)7-8-12(2)3;1-11(2)8-9-12-10-6-4-3-5-7-10;2*1-2;;/h4-6,9H,7-8H2,1-3H3;3-4,6-7H,8-9H2,1-2H3;2*1-2H3;1H3;/q;-1;;;-1;+2. The van der Waals surface area contributed by atoms with Crippen molar-refractivity contribution in [1.29, 1.82) is 0 Å². The second kappa shape index (κ2) is 25.8. The van der Waals surface area contributed by atoms with Gasteiger partial charge in [0.25, 0.3) is 0 Å². The molecule has 0 aliphatic heterocycles. The average molecular weight is 454 g/mol. The van der Waals surface area contributed by atoms with Crippen LogP contribution in [-0.2, 0) is 25.0 Å². The van der Waals surface area contributed by atoms with Crippen LogP contribution in [0.15, 0.2) is 48.5 Å². The van der Waals surface area contributed by atoms with Crippen LogP contribution in [0.4, 0.5) is 0 Å². The van der Waals surface area contributed by atoms with Crippen molar-refractivity contribution in [3.05, 3.63) is 73.2 Å². The molecule has 2 aromatic carbocycles. The van der Waals surface area contributed by atoms with Crippen molar-refractivity contribution in [3.8, 4) is 5.75 Å². The van der Waals surface area contributed by atoms with Crippen LogP contribution in [-0.4, -0.2) is 57.7 Å². The number of benzene rings is 2. The van der Waals surface area contributed by atoms with Crippen molar-refractivity contribution in [1.82, 2.24) is 9.80 Å². The van der Waals surface area contributed by atoms with Gasteiger partial charge in [0.1, 0.15) is 0 Å². The zero-order valence-corrected chi connectivity index (χ0v) is 22.6. The van der Waals surface area contributed by atoms with Gasteiger partial charge in [-0.15, -0.1) is 12.1 Å². The number of nitrogens with zero attached hydrogens (tertiary/aromatic N) is 2. The minimum absolute atomic E-state index is 0. The molecule has 2 rings (SSSR count). The first kappa shape index (κ1) is 36.1. The summed E-state index contributed by atoms with van der Waals surface area (Å²) in [6.45, 7) is 12.9. The van der Waals surface area contributed by atoms with Gasteiger partial charge in [0.2, 0.25) is 0 Å². The van der Waals surface area contributed by atoms with Crippen LogP contribution in [0.2, 0.25) is 0 Å². The molecule has 0 fully saturated rings. The van der Waals surface area contributed by atoms with E-state index >= 15 is 0 Å². The molecule has 0 unspecified atom stereocenters. The average Bonchev–Trinajstić information content (AvgIpc) is 2.71. The molecule has 0 bridgehead atoms. The maximum absolute atomic E-state index is 5.44. The van der Waals surface area contributed by atoms with Gasteiger partial charge in [0, 0.05) is 18.8 Å². The van der Waals surface area contributed by atoms with Gasteiger partial charge in [-0.25, -0.2) is 0 Å². The van der Waals surface area contributed by atoms with Gasteiger partial charge in [-0.05, 0) is 47.1 Å². The second-order valence-electron chi connectivity index (χ2n) is 6.43. The van der Waals surface area contributed by atoms with Gasteiger partial charge in [0.15, 0.2) is 0 Å². The summed E-state index contributed by atoms with van der Waals surface area (Å²) in [7, 11) is 8.27. The van der Waals surface area contributed by atoms with Gasteiger partial charge < -0.3 is 22.0 Å². The van der Waals surface area contributed by atoms with Crippen LogP contribution < -0.4 is 4.74 Å². The van der Waals surface area contributed by atoms with Crippen molar-refractivity contribution in [3.63, 3.8) is 0 Å². The van der Waals surface area contributed by atoms with E-state index in [1.54, 1.807) is 0 Å². The first-order valence-electron chi connectivity index (χ1n) is 10.4. The van der Waals surface area contributed by atoms with E-state index in [2.05, 4.69) is 61.2 Å². The van der Waals surface area contributed by atoms with Gasteiger partial charge in [-0.3, -0.25) is 0 Å². The van der Waals surface area contributed by atoms with Crippen LogP contribution in [0.25, 0.3) is 0 Å². The van der Waals surface area contributed by atoms with Gasteiger partial charge >= 0.3 is 18.6 Å². The Balaban J connectivity index is -0.000000183. The molecular formula is C26H46N2OV. The Morgan fingerprint density at radius 3 is 1.93 bits per heavy atom. The number of hydrogen-bond donors (Lipinski definition) is 0. The SMILES string of the molecule is CC.CC.CN(C)CCOc1c[c-]ccc1.Cc1cccc(CCN(C)C)c1.[CH3-].[V+2]. The Kier molecular flexibility index (Phi) is 31.1. The molecule has 0 heterocycles. The van der Waals surface area contributed by atoms with Crippen molar-refractivity contribution >= 4 is 0 Å². The van der Waals surface area contributed by atoms with E-state index in [1.165, 1.54) is 11.1 Å². The predicted molar refractivity (Wildman–Crippen MR) is 132 cm³/mol. The van der Waals surface area contributed by atoms with Crippen LogP contribution in [0, 0.1) is 20.4 Å². The Morgan fingerprint density at radius 2 is 1.47 bits per heavy atom. The molecule has 1 radical (unpaired) electrons. The molecule has 2 aromatic rings. The summed E-state index contributed by atoms with van der Waals surface area (Å²) in [5.41, 5.74) is 2.79. The van der Waals surface area contributed by atoms with Crippen LogP contribution in [0.5, 0.6) is 5.75 Å². The Bertz CT molecular complexity index is 560. The Morgan fingerprint density at radius 1 is 0.867 bits per heavy atom. The third-order valence-electron chi connectivity index (χ3n) is 3.42. The maximum atomic E-state index is 5.44. The van der Waals surface area contributed by atoms with Crippen LogP contribution >= 0.6 is 0 Å². The summed E-state index contributed by atoms with van der Waals surface area (Å²) in [5, 5.41) is 0. The summed E-state index contributed by atoms with van der Waals surface area (Å²) >= 11 is 0.